The van der Waals surface area contributed by atoms with Gasteiger partial charge in [0.15, 0.2) is 11.5 Å². The number of hydrogen-bond donors (Lipinski definition) is 1. The van der Waals surface area contributed by atoms with E-state index in [0.29, 0.717) is 34.4 Å². The normalized spacial score (nSPS) is 10.9. The minimum atomic E-state index is -0.0623. The van der Waals surface area contributed by atoms with Crippen LogP contribution in [0.5, 0.6) is 17.2 Å². The molecule has 2 aromatic carbocycles. The van der Waals surface area contributed by atoms with Crippen molar-refractivity contribution in [3.63, 3.8) is 0 Å². The van der Waals surface area contributed by atoms with E-state index in [1.54, 1.807) is 31.4 Å². The molecule has 0 atom stereocenters. The second-order valence-corrected chi connectivity index (χ2v) is 5.20. The lowest BCUT2D eigenvalue weighted by Crippen LogP contribution is -1.94. The van der Waals surface area contributed by atoms with E-state index in [0.717, 1.165) is 0 Å². The van der Waals surface area contributed by atoms with Crippen molar-refractivity contribution in [1.29, 1.82) is 0 Å². The molecular weight excluding hydrogens is 325 g/mol. The third-order valence-corrected chi connectivity index (χ3v) is 3.36. The number of ether oxygens (including phenoxy) is 2. The summed E-state index contributed by atoms with van der Waals surface area (Å²) in [6, 6.07) is 8.35. The Morgan fingerprint density at radius 2 is 1.95 bits per heavy atom. The molecule has 1 N–H and O–H groups in total. The lowest BCUT2D eigenvalue weighted by atomic mass is 10.2. The Bertz CT molecular complexity index is 702. The van der Waals surface area contributed by atoms with Crippen LogP contribution in [0.1, 0.15) is 12.5 Å². The van der Waals surface area contributed by atoms with E-state index in [1.165, 1.54) is 12.3 Å². The molecule has 0 amide bonds. The van der Waals surface area contributed by atoms with Crippen molar-refractivity contribution < 1.29 is 14.6 Å². The summed E-state index contributed by atoms with van der Waals surface area (Å²) in [5.41, 5.74) is 1.08. The van der Waals surface area contributed by atoms with Crippen LogP contribution in [0.25, 0.3) is 0 Å². The number of nitrogens with zero attached hydrogens (tertiary/aromatic N) is 1. The fourth-order valence-electron chi connectivity index (χ4n) is 1.84. The maximum absolute atomic E-state index is 9.89. The predicted octanol–water partition coefficient (Wildman–Crippen LogP) is 4.86. The van der Waals surface area contributed by atoms with Crippen molar-refractivity contribution in [3.8, 4) is 17.2 Å². The molecule has 0 radical (unpaired) electrons. The molecule has 22 heavy (non-hydrogen) atoms. The molecule has 0 saturated carbocycles. The molecule has 2 aromatic rings. The third kappa shape index (κ3) is 3.84. The first kappa shape index (κ1) is 16.5. The molecule has 0 aliphatic carbocycles. The quantitative estimate of drug-likeness (QED) is 0.791. The van der Waals surface area contributed by atoms with Gasteiger partial charge in [0.25, 0.3) is 0 Å². The molecule has 4 nitrogen and oxygen atoms in total. The van der Waals surface area contributed by atoms with E-state index in [2.05, 4.69) is 4.99 Å². The van der Waals surface area contributed by atoms with Gasteiger partial charge in [-0.15, -0.1) is 0 Å². The van der Waals surface area contributed by atoms with Gasteiger partial charge >= 0.3 is 0 Å². The van der Waals surface area contributed by atoms with Gasteiger partial charge in [-0.2, -0.15) is 0 Å². The second-order valence-electron chi connectivity index (χ2n) is 4.35. The van der Waals surface area contributed by atoms with Crippen LogP contribution in [0.3, 0.4) is 0 Å². The Morgan fingerprint density at radius 3 is 2.64 bits per heavy atom. The molecule has 0 heterocycles. The molecule has 0 unspecified atom stereocenters. The van der Waals surface area contributed by atoms with E-state index < -0.39 is 0 Å². The van der Waals surface area contributed by atoms with Crippen LogP contribution in [-0.2, 0) is 0 Å². The average Bonchev–Trinajstić information content (AvgIpc) is 2.50. The maximum atomic E-state index is 9.89. The largest absolute Gasteiger partial charge is 0.506 e. The van der Waals surface area contributed by atoms with Gasteiger partial charge in [-0.25, -0.2) is 0 Å². The molecule has 0 aliphatic rings. The van der Waals surface area contributed by atoms with Crippen LogP contribution in [0.15, 0.2) is 35.3 Å². The van der Waals surface area contributed by atoms with E-state index in [-0.39, 0.29) is 10.8 Å². The number of methoxy groups -OCH3 is 1. The van der Waals surface area contributed by atoms with Gasteiger partial charge in [-0.05, 0) is 31.2 Å². The summed E-state index contributed by atoms with van der Waals surface area (Å²) in [6.45, 7) is 2.45. The van der Waals surface area contributed by atoms with Gasteiger partial charge in [-0.1, -0.05) is 23.2 Å². The van der Waals surface area contributed by atoms with Gasteiger partial charge in [-0.3, -0.25) is 4.99 Å². The molecule has 0 bridgehead atoms. The van der Waals surface area contributed by atoms with Crippen LogP contribution in [0.2, 0.25) is 10.0 Å². The van der Waals surface area contributed by atoms with Crippen molar-refractivity contribution in [2.75, 3.05) is 13.7 Å². The first-order valence-electron chi connectivity index (χ1n) is 6.58. The summed E-state index contributed by atoms with van der Waals surface area (Å²) in [5, 5.41) is 10.5. The maximum Gasteiger partial charge on any atom is 0.162 e. The van der Waals surface area contributed by atoms with Crippen molar-refractivity contribution in [3.05, 3.63) is 45.9 Å². The first-order chi connectivity index (χ1) is 10.5. The fourth-order valence-corrected chi connectivity index (χ4v) is 2.35. The lowest BCUT2D eigenvalue weighted by Gasteiger charge is -2.09. The zero-order chi connectivity index (χ0) is 16.1. The fraction of sp³-hybridized carbons (Fsp3) is 0.188. The van der Waals surface area contributed by atoms with E-state index >= 15 is 0 Å². The van der Waals surface area contributed by atoms with Crippen LogP contribution in [-0.4, -0.2) is 25.0 Å². The van der Waals surface area contributed by atoms with Crippen molar-refractivity contribution in [2.24, 2.45) is 4.99 Å². The number of halogens is 2. The number of aliphatic imine (C=N–C) groups is 1. The van der Waals surface area contributed by atoms with Crippen LogP contribution < -0.4 is 9.47 Å². The Labute approximate surface area is 138 Å². The highest BCUT2D eigenvalue weighted by Gasteiger charge is 2.07. The Hall–Kier alpha value is -1.91. The Balaban J connectivity index is 2.31. The molecule has 0 aliphatic heterocycles. The summed E-state index contributed by atoms with van der Waals surface area (Å²) >= 11 is 11.8. The summed E-state index contributed by atoms with van der Waals surface area (Å²) in [6.07, 6.45) is 1.49. The minimum absolute atomic E-state index is 0.0623. The molecular formula is C16H15Cl2NO3. The molecule has 0 aromatic heterocycles. The third-order valence-electron chi connectivity index (χ3n) is 2.86. The number of phenolic OH excluding ortho intramolecular Hbond substituents is 1. The molecule has 6 heteroatoms. The van der Waals surface area contributed by atoms with Gasteiger partial charge in [0.2, 0.25) is 0 Å². The Kier molecular flexibility index (Phi) is 5.52. The molecule has 0 fully saturated rings. The van der Waals surface area contributed by atoms with E-state index in [1.807, 2.05) is 6.92 Å². The van der Waals surface area contributed by atoms with Gasteiger partial charge in [0, 0.05) is 22.9 Å². The zero-order valence-corrected chi connectivity index (χ0v) is 13.6. The average molecular weight is 340 g/mol. The smallest absolute Gasteiger partial charge is 0.162 e. The number of benzene rings is 2. The molecule has 2 rings (SSSR count). The molecule has 0 saturated heterocycles. The van der Waals surface area contributed by atoms with Gasteiger partial charge in [0.1, 0.15) is 5.75 Å². The number of hydrogen-bond acceptors (Lipinski definition) is 4. The second kappa shape index (κ2) is 7.38. The summed E-state index contributed by atoms with van der Waals surface area (Å²) in [4.78, 5) is 4.29. The van der Waals surface area contributed by atoms with E-state index in [4.69, 9.17) is 32.7 Å². The lowest BCUT2D eigenvalue weighted by molar-refractivity contribution is 0.311. The number of rotatable bonds is 5. The minimum Gasteiger partial charge on any atom is -0.506 e. The summed E-state index contributed by atoms with van der Waals surface area (Å²) in [7, 11) is 1.56. The predicted molar refractivity (Wildman–Crippen MR) is 89.5 cm³/mol. The highest BCUT2D eigenvalue weighted by Crippen LogP contribution is 2.33. The SMILES string of the molecule is CCOc1ccc(N=Cc2cc(Cl)cc(Cl)c2O)cc1OC. The Morgan fingerprint density at radius 1 is 1.18 bits per heavy atom. The number of aromatic hydroxyl groups is 1. The van der Waals surface area contributed by atoms with Crippen LogP contribution >= 0.6 is 23.2 Å². The topological polar surface area (TPSA) is 51.0 Å². The first-order valence-corrected chi connectivity index (χ1v) is 7.33. The molecule has 0 spiro atoms. The van der Waals surface area contributed by atoms with Crippen molar-refractivity contribution in [2.45, 2.75) is 6.92 Å². The zero-order valence-electron chi connectivity index (χ0n) is 12.1. The highest BCUT2D eigenvalue weighted by molar-refractivity contribution is 6.36. The van der Waals surface area contributed by atoms with Gasteiger partial charge in [0.05, 0.1) is 24.4 Å². The van der Waals surface area contributed by atoms with E-state index in [9.17, 15) is 5.11 Å². The van der Waals surface area contributed by atoms with Crippen molar-refractivity contribution >= 4 is 35.1 Å². The van der Waals surface area contributed by atoms with Crippen LogP contribution in [0, 0.1) is 0 Å². The molecule has 116 valence electrons. The number of phenols is 1. The standard InChI is InChI=1S/C16H15Cl2NO3/c1-3-22-14-5-4-12(8-15(14)21-2)19-9-10-6-11(17)7-13(18)16(10)20/h4-9,20H,3H2,1-2H3. The highest BCUT2D eigenvalue weighted by atomic mass is 35.5. The monoisotopic (exact) mass is 339 g/mol. The van der Waals surface area contributed by atoms with Gasteiger partial charge < -0.3 is 14.6 Å². The van der Waals surface area contributed by atoms with Crippen molar-refractivity contribution in [1.82, 2.24) is 0 Å². The summed E-state index contributed by atoms with van der Waals surface area (Å²) < 4.78 is 10.7. The summed E-state index contributed by atoms with van der Waals surface area (Å²) in [5.74, 6) is 1.18. The van der Waals surface area contributed by atoms with Crippen LogP contribution in [0.4, 0.5) is 5.69 Å².